The molecule has 0 aliphatic rings. The lowest BCUT2D eigenvalue weighted by Crippen LogP contribution is -2.27. The van der Waals surface area contributed by atoms with Crippen LogP contribution in [0.1, 0.15) is 34.5 Å². The first-order chi connectivity index (χ1) is 10.0. The van der Waals surface area contributed by atoms with Crippen LogP contribution in [0.15, 0.2) is 42.5 Å². The van der Waals surface area contributed by atoms with Gasteiger partial charge in [0.2, 0.25) is 0 Å². The summed E-state index contributed by atoms with van der Waals surface area (Å²) in [5, 5.41) is 2.80. The van der Waals surface area contributed by atoms with E-state index in [1.807, 2.05) is 31.2 Å². The van der Waals surface area contributed by atoms with Gasteiger partial charge in [-0.05, 0) is 43.2 Å². The van der Waals surface area contributed by atoms with Crippen LogP contribution in [0.4, 0.5) is 4.39 Å². The van der Waals surface area contributed by atoms with E-state index in [4.69, 9.17) is 4.74 Å². The van der Waals surface area contributed by atoms with E-state index >= 15 is 0 Å². The molecule has 110 valence electrons. The van der Waals surface area contributed by atoms with Gasteiger partial charge in [0.15, 0.2) is 0 Å². The van der Waals surface area contributed by atoms with Crippen molar-refractivity contribution < 1.29 is 13.9 Å². The number of carbonyl (C=O) groups excluding carboxylic acids is 1. The van der Waals surface area contributed by atoms with Gasteiger partial charge in [0.05, 0.1) is 18.7 Å². The molecule has 0 aliphatic heterocycles. The van der Waals surface area contributed by atoms with Gasteiger partial charge in [-0.1, -0.05) is 24.3 Å². The number of ether oxygens (including phenoxy) is 1. The Morgan fingerprint density at radius 3 is 2.48 bits per heavy atom. The van der Waals surface area contributed by atoms with Gasteiger partial charge in [-0.3, -0.25) is 4.79 Å². The van der Waals surface area contributed by atoms with Crippen molar-refractivity contribution in [1.82, 2.24) is 5.32 Å². The molecule has 1 atom stereocenters. The summed E-state index contributed by atoms with van der Waals surface area (Å²) in [6.07, 6.45) is 0. The van der Waals surface area contributed by atoms with Crippen LogP contribution < -0.4 is 10.1 Å². The predicted octanol–water partition coefficient (Wildman–Crippen LogP) is 3.63. The van der Waals surface area contributed by atoms with Gasteiger partial charge < -0.3 is 10.1 Å². The zero-order valence-corrected chi connectivity index (χ0v) is 12.3. The summed E-state index contributed by atoms with van der Waals surface area (Å²) in [4.78, 5) is 12.1. The lowest BCUT2D eigenvalue weighted by Gasteiger charge is -2.15. The van der Waals surface area contributed by atoms with Crippen molar-refractivity contribution in [2.24, 2.45) is 0 Å². The van der Waals surface area contributed by atoms with Crippen LogP contribution in [0.5, 0.6) is 5.75 Å². The average Bonchev–Trinajstić information content (AvgIpc) is 2.50. The number of carbonyl (C=O) groups is 1. The number of hydrogen-bond acceptors (Lipinski definition) is 2. The Morgan fingerprint density at radius 2 is 1.86 bits per heavy atom. The van der Waals surface area contributed by atoms with Crippen LogP contribution in [0.25, 0.3) is 0 Å². The molecule has 0 aromatic heterocycles. The molecule has 1 unspecified atom stereocenters. The first-order valence-corrected chi connectivity index (χ1v) is 6.73. The van der Waals surface area contributed by atoms with Gasteiger partial charge in [-0.2, -0.15) is 0 Å². The van der Waals surface area contributed by atoms with Gasteiger partial charge in [-0.15, -0.1) is 0 Å². The smallest absolute Gasteiger partial charge is 0.254 e. The summed E-state index contributed by atoms with van der Waals surface area (Å²) in [7, 11) is 1.60. The molecule has 2 aromatic rings. The third-order valence-electron chi connectivity index (χ3n) is 3.40. The fourth-order valence-electron chi connectivity index (χ4n) is 2.07. The van der Waals surface area contributed by atoms with Gasteiger partial charge in [0.25, 0.3) is 5.91 Å². The summed E-state index contributed by atoms with van der Waals surface area (Å²) in [6, 6.07) is 12.0. The van der Waals surface area contributed by atoms with E-state index in [1.54, 1.807) is 26.2 Å². The quantitative estimate of drug-likeness (QED) is 0.932. The number of hydrogen-bond donors (Lipinski definition) is 1. The SMILES string of the molecule is COc1ccc(C(C)NC(=O)c2cccc(C)c2F)cc1. The van der Waals surface area contributed by atoms with E-state index in [-0.39, 0.29) is 11.6 Å². The lowest BCUT2D eigenvalue weighted by molar-refractivity contribution is 0.0935. The highest BCUT2D eigenvalue weighted by atomic mass is 19.1. The molecule has 0 bridgehead atoms. The van der Waals surface area contributed by atoms with Crippen molar-refractivity contribution in [1.29, 1.82) is 0 Å². The summed E-state index contributed by atoms with van der Waals surface area (Å²) < 4.78 is 19.0. The van der Waals surface area contributed by atoms with Crippen LogP contribution >= 0.6 is 0 Å². The fourth-order valence-corrected chi connectivity index (χ4v) is 2.07. The van der Waals surface area contributed by atoms with Gasteiger partial charge in [-0.25, -0.2) is 4.39 Å². The van der Waals surface area contributed by atoms with E-state index in [1.165, 1.54) is 6.07 Å². The maximum atomic E-state index is 13.9. The molecular weight excluding hydrogens is 269 g/mol. The summed E-state index contributed by atoms with van der Waals surface area (Å²) in [5.41, 5.74) is 1.45. The molecule has 0 saturated carbocycles. The second-order valence-electron chi connectivity index (χ2n) is 4.90. The van der Waals surface area contributed by atoms with Crippen molar-refractivity contribution in [3.8, 4) is 5.75 Å². The first-order valence-electron chi connectivity index (χ1n) is 6.73. The highest BCUT2D eigenvalue weighted by Crippen LogP contribution is 2.18. The van der Waals surface area contributed by atoms with E-state index in [0.29, 0.717) is 5.56 Å². The molecule has 0 saturated heterocycles. The molecular formula is C17H18FNO2. The molecule has 1 amide bonds. The zero-order valence-electron chi connectivity index (χ0n) is 12.3. The van der Waals surface area contributed by atoms with E-state index in [0.717, 1.165) is 11.3 Å². The van der Waals surface area contributed by atoms with Crippen LogP contribution in [0, 0.1) is 12.7 Å². The normalized spacial score (nSPS) is 11.8. The summed E-state index contributed by atoms with van der Waals surface area (Å²) in [6.45, 7) is 3.49. The molecule has 0 radical (unpaired) electrons. The largest absolute Gasteiger partial charge is 0.497 e. The number of nitrogens with one attached hydrogen (secondary N) is 1. The van der Waals surface area contributed by atoms with Crippen LogP contribution in [0.2, 0.25) is 0 Å². The molecule has 3 nitrogen and oxygen atoms in total. The molecule has 2 rings (SSSR count). The Bertz CT molecular complexity index is 638. The number of halogens is 1. The second-order valence-corrected chi connectivity index (χ2v) is 4.90. The van der Waals surface area contributed by atoms with Gasteiger partial charge >= 0.3 is 0 Å². The summed E-state index contributed by atoms with van der Waals surface area (Å²) >= 11 is 0. The monoisotopic (exact) mass is 287 g/mol. The maximum Gasteiger partial charge on any atom is 0.254 e. The number of amides is 1. The minimum Gasteiger partial charge on any atom is -0.497 e. The third-order valence-corrected chi connectivity index (χ3v) is 3.40. The van der Waals surface area contributed by atoms with E-state index in [2.05, 4.69) is 5.32 Å². The Kier molecular flexibility index (Phi) is 4.58. The molecule has 0 fully saturated rings. The minimum atomic E-state index is -0.475. The van der Waals surface area contributed by atoms with E-state index in [9.17, 15) is 9.18 Å². The van der Waals surface area contributed by atoms with Crippen molar-refractivity contribution in [2.45, 2.75) is 19.9 Å². The Balaban J connectivity index is 2.12. The van der Waals surface area contributed by atoms with Gasteiger partial charge in [0, 0.05) is 0 Å². The lowest BCUT2D eigenvalue weighted by atomic mass is 10.1. The first kappa shape index (κ1) is 15.0. The van der Waals surface area contributed by atoms with Gasteiger partial charge in [0.1, 0.15) is 11.6 Å². The minimum absolute atomic E-state index is 0.0651. The third kappa shape index (κ3) is 3.40. The molecule has 4 heteroatoms. The topological polar surface area (TPSA) is 38.3 Å². The molecule has 0 heterocycles. The Hall–Kier alpha value is -2.36. The van der Waals surface area contributed by atoms with Crippen molar-refractivity contribution in [2.75, 3.05) is 7.11 Å². The number of aryl methyl sites for hydroxylation is 1. The highest BCUT2D eigenvalue weighted by molar-refractivity contribution is 5.94. The molecule has 0 aliphatic carbocycles. The molecule has 21 heavy (non-hydrogen) atoms. The van der Waals surface area contributed by atoms with Crippen molar-refractivity contribution in [3.05, 3.63) is 65.0 Å². The standard InChI is InChI=1S/C17H18FNO2/c1-11-5-4-6-15(16(11)18)17(20)19-12(2)13-7-9-14(21-3)10-8-13/h4-10,12H,1-3H3,(H,19,20). The maximum absolute atomic E-state index is 13.9. The van der Waals surface area contributed by atoms with Crippen LogP contribution in [0.3, 0.4) is 0 Å². The Morgan fingerprint density at radius 1 is 1.19 bits per heavy atom. The highest BCUT2D eigenvalue weighted by Gasteiger charge is 2.16. The fraction of sp³-hybridized carbons (Fsp3) is 0.235. The molecule has 0 spiro atoms. The van der Waals surface area contributed by atoms with Crippen LogP contribution in [-0.4, -0.2) is 13.0 Å². The number of benzene rings is 2. The molecule has 2 aromatic carbocycles. The molecule has 1 N–H and O–H groups in total. The number of rotatable bonds is 4. The second kappa shape index (κ2) is 6.39. The number of methoxy groups -OCH3 is 1. The van der Waals surface area contributed by atoms with Crippen molar-refractivity contribution >= 4 is 5.91 Å². The predicted molar refractivity (Wildman–Crippen MR) is 80.0 cm³/mol. The van der Waals surface area contributed by atoms with Crippen molar-refractivity contribution in [3.63, 3.8) is 0 Å². The van der Waals surface area contributed by atoms with Crippen LogP contribution in [-0.2, 0) is 0 Å². The summed E-state index contributed by atoms with van der Waals surface area (Å²) in [5.74, 6) is -0.140. The Labute approximate surface area is 123 Å². The zero-order chi connectivity index (χ0) is 15.4. The average molecular weight is 287 g/mol. The van der Waals surface area contributed by atoms with E-state index < -0.39 is 11.7 Å².